The molecule has 1 heterocycles. The third-order valence-electron chi connectivity index (χ3n) is 1.67. The largest absolute Gasteiger partial charge is 0.490 e. The number of nitrogens with one attached hydrogen (secondary N) is 1. The lowest BCUT2D eigenvalue weighted by molar-refractivity contribution is 0.340. The second kappa shape index (κ2) is 5.13. The number of hydrogen-bond donors (Lipinski definition) is 1. The molecule has 1 aromatic rings. The van der Waals surface area contributed by atoms with Crippen molar-refractivity contribution in [3.63, 3.8) is 0 Å². The molecule has 0 aliphatic carbocycles. The zero-order valence-electron chi connectivity index (χ0n) is 8.45. The Hall–Kier alpha value is -1.69. The van der Waals surface area contributed by atoms with Gasteiger partial charge in [0, 0.05) is 6.20 Å². The SMILES string of the molecule is C#CC(C)Nc1ncccc1OCC. The van der Waals surface area contributed by atoms with Gasteiger partial charge in [-0.2, -0.15) is 0 Å². The first-order valence-corrected chi connectivity index (χ1v) is 4.58. The highest BCUT2D eigenvalue weighted by Gasteiger charge is 2.05. The summed E-state index contributed by atoms with van der Waals surface area (Å²) >= 11 is 0. The van der Waals surface area contributed by atoms with Crippen LogP contribution in [0.2, 0.25) is 0 Å². The van der Waals surface area contributed by atoms with Crippen molar-refractivity contribution in [3.05, 3.63) is 18.3 Å². The minimum atomic E-state index is -0.0518. The number of ether oxygens (including phenoxy) is 1. The van der Waals surface area contributed by atoms with Crippen LogP contribution in [0.5, 0.6) is 5.75 Å². The lowest BCUT2D eigenvalue weighted by Crippen LogP contribution is -2.14. The van der Waals surface area contributed by atoms with E-state index in [1.807, 2.05) is 26.0 Å². The molecule has 14 heavy (non-hydrogen) atoms. The molecule has 1 aromatic heterocycles. The fourth-order valence-corrected chi connectivity index (χ4v) is 1.02. The summed E-state index contributed by atoms with van der Waals surface area (Å²) < 4.78 is 5.39. The quantitative estimate of drug-likeness (QED) is 0.736. The van der Waals surface area contributed by atoms with E-state index < -0.39 is 0 Å². The highest BCUT2D eigenvalue weighted by atomic mass is 16.5. The first-order valence-electron chi connectivity index (χ1n) is 4.58. The molecular weight excluding hydrogens is 176 g/mol. The summed E-state index contributed by atoms with van der Waals surface area (Å²) in [5.74, 6) is 4.00. The van der Waals surface area contributed by atoms with Gasteiger partial charge < -0.3 is 10.1 Å². The summed E-state index contributed by atoms with van der Waals surface area (Å²) in [6, 6.07) is 3.64. The number of terminal acetylenes is 1. The van der Waals surface area contributed by atoms with Crippen molar-refractivity contribution in [2.45, 2.75) is 19.9 Å². The van der Waals surface area contributed by atoms with Crippen molar-refractivity contribution < 1.29 is 4.74 Å². The van der Waals surface area contributed by atoms with Crippen molar-refractivity contribution in [3.8, 4) is 18.1 Å². The van der Waals surface area contributed by atoms with Crippen molar-refractivity contribution >= 4 is 5.82 Å². The summed E-state index contributed by atoms with van der Waals surface area (Å²) in [5.41, 5.74) is 0. The van der Waals surface area contributed by atoms with Gasteiger partial charge in [-0.3, -0.25) is 0 Å². The van der Waals surface area contributed by atoms with Gasteiger partial charge >= 0.3 is 0 Å². The number of aromatic nitrogens is 1. The summed E-state index contributed by atoms with van der Waals surface area (Å²) in [6.45, 7) is 4.44. The van der Waals surface area contributed by atoms with Gasteiger partial charge in [-0.1, -0.05) is 5.92 Å². The van der Waals surface area contributed by atoms with Crippen LogP contribution >= 0.6 is 0 Å². The average molecular weight is 190 g/mol. The molecule has 3 nitrogen and oxygen atoms in total. The van der Waals surface area contributed by atoms with E-state index in [0.29, 0.717) is 12.4 Å². The molecule has 1 N–H and O–H groups in total. The maximum absolute atomic E-state index is 5.39. The molecule has 0 saturated carbocycles. The fraction of sp³-hybridized carbons (Fsp3) is 0.364. The van der Waals surface area contributed by atoms with Crippen LogP contribution < -0.4 is 10.1 Å². The Morgan fingerprint density at radius 2 is 2.50 bits per heavy atom. The van der Waals surface area contributed by atoms with Crippen LogP contribution in [0.1, 0.15) is 13.8 Å². The Balaban J connectivity index is 2.79. The molecule has 0 fully saturated rings. The van der Waals surface area contributed by atoms with Crippen molar-refractivity contribution in [1.82, 2.24) is 4.98 Å². The number of pyridine rings is 1. The van der Waals surface area contributed by atoms with E-state index in [-0.39, 0.29) is 6.04 Å². The third-order valence-corrected chi connectivity index (χ3v) is 1.67. The van der Waals surface area contributed by atoms with Crippen LogP contribution in [-0.2, 0) is 0 Å². The Bertz CT molecular complexity index is 330. The van der Waals surface area contributed by atoms with E-state index in [9.17, 15) is 0 Å². The van der Waals surface area contributed by atoms with Gasteiger partial charge in [-0.25, -0.2) is 4.98 Å². The van der Waals surface area contributed by atoms with Crippen molar-refractivity contribution in [1.29, 1.82) is 0 Å². The lowest BCUT2D eigenvalue weighted by atomic mass is 10.3. The highest BCUT2D eigenvalue weighted by molar-refractivity contribution is 5.51. The Morgan fingerprint density at radius 1 is 1.71 bits per heavy atom. The van der Waals surface area contributed by atoms with E-state index in [1.165, 1.54) is 0 Å². The molecule has 0 bridgehead atoms. The summed E-state index contributed by atoms with van der Waals surface area (Å²) in [4.78, 5) is 4.15. The van der Waals surface area contributed by atoms with Gasteiger partial charge in [0.15, 0.2) is 11.6 Å². The molecular formula is C11H14N2O. The summed E-state index contributed by atoms with van der Waals surface area (Å²) in [7, 11) is 0. The minimum absolute atomic E-state index is 0.0518. The standard InChI is InChI=1S/C11H14N2O/c1-4-9(3)13-11-10(14-5-2)7-6-8-12-11/h1,6-9H,5H2,2-3H3,(H,12,13). The molecule has 0 amide bonds. The number of anilines is 1. The molecule has 0 aromatic carbocycles. The van der Waals surface area contributed by atoms with E-state index in [1.54, 1.807) is 6.20 Å². The van der Waals surface area contributed by atoms with Crippen LogP contribution in [0.25, 0.3) is 0 Å². The Kier molecular flexibility index (Phi) is 3.81. The lowest BCUT2D eigenvalue weighted by Gasteiger charge is -2.12. The zero-order chi connectivity index (χ0) is 10.4. The predicted molar refractivity (Wildman–Crippen MR) is 57.3 cm³/mol. The molecule has 74 valence electrons. The fourth-order valence-electron chi connectivity index (χ4n) is 1.02. The van der Waals surface area contributed by atoms with Crippen LogP contribution in [0.4, 0.5) is 5.82 Å². The number of nitrogens with zero attached hydrogens (tertiary/aromatic N) is 1. The topological polar surface area (TPSA) is 34.2 Å². The molecule has 1 atom stereocenters. The first kappa shape index (κ1) is 10.4. The Labute approximate surface area is 84.5 Å². The minimum Gasteiger partial charge on any atom is -0.490 e. The highest BCUT2D eigenvalue weighted by Crippen LogP contribution is 2.21. The van der Waals surface area contributed by atoms with Crippen LogP contribution in [-0.4, -0.2) is 17.6 Å². The van der Waals surface area contributed by atoms with Gasteiger partial charge in [0.1, 0.15) is 0 Å². The average Bonchev–Trinajstić information content (AvgIpc) is 2.21. The third kappa shape index (κ3) is 2.67. The van der Waals surface area contributed by atoms with Gasteiger partial charge in [0.05, 0.1) is 12.6 Å². The van der Waals surface area contributed by atoms with Gasteiger partial charge in [0.2, 0.25) is 0 Å². The van der Waals surface area contributed by atoms with E-state index in [2.05, 4.69) is 16.2 Å². The molecule has 0 aliphatic rings. The van der Waals surface area contributed by atoms with E-state index >= 15 is 0 Å². The summed E-state index contributed by atoms with van der Waals surface area (Å²) in [6.07, 6.45) is 6.97. The van der Waals surface area contributed by atoms with Gasteiger partial charge in [-0.15, -0.1) is 6.42 Å². The van der Waals surface area contributed by atoms with Gasteiger partial charge in [0.25, 0.3) is 0 Å². The van der Waals surface area contributed by atoms with Crippen LogP contribution in [0.15, 0.2) is 18.3 Å². The summed E-state index contributed by atoms with van der Waals surface area (Å²) in [5, 5.41) is 3.07. The van der Waals surface area contributed by atoms with Crippen LogP contribution in [0, 0.1) is 12.3 Å². The maximum atomic E-state index is 5.39. The van der Waals surface area contributed by atoms with Crippen molar-refractivity contribution in [2.24, 2.45) is 0 Å². The monoisotopic (exact) mass is 190 g/mol. The second-order valence-corrected chi connectivity index (χ2v) is 2.82. The second-order valence-electron chi connectivity index (χ2n) is 2.82. The maximum Gasteiger partial charge on any atom is 0.169 e. The molecule has 1 unspecified atom stereocenters. The Morgan fingerprint density at radius 3 is 3.14 bits per heavy atom. The van der Waals surface area contributed by atoms with E-state index in [0.717, 1.165) is 5.75 Å². The normalized spacial score (nSPS) is 11.5. The number of hydrogen-bond acceptors (Lipinski definition) is 3. The molecule has 0 aliphatic heterocycles. The number of rotatable bonds is 4. The van der Waals surface area contributed by atoms with Gasteiger partial charge in [-0.05, 0) is 26.0 Å². The molecule has 0 saturated heterocycles. The van der Waals surface area contributed by atoms with Crippen molar-refractivity contribution in [2.75, 3.05) is 11.9 Å². The molecule has 1 rings (SSSR count). The molecule has 3 heteroatoms. The van der Waals surface area contributed by atoms with E-state index in [4.69, 9.17) is 11.2 Å². The first-order chi connectivity index (χ1) is 6.77. The zero-order valence-corrected chi connectivity index (χ0v) is 8.45. The molecule has 0 spiro atoms. The van der Waals surface area contributed by atoms with Crippen LogP contribution in [0.3, 0.4) is 0 Å². The smallest absolute Gasteiger partial charge is 0.169 e. The molecule has 0 radical (unpaired) electrons. The predicted octanol–water partition coefficient (Wildman–Crippen LogP) is 1.91.